The number of nitrogens with zero attached hydrogens (tertiary/aromatic N) is 2. The molecule has 4 rings (SSSR count). The van der Waals surface area contributed by atoms with Gasteiger partial charge in [0.15, 0.2) is 0 Å². The van der Waals surface area contributed by atoms with Gasteiger partial charge in [-0.25, -0.2) is 4.68 Å². The quantitative estimate of drug-likeness (QED) is 0.500. The van der Waals surface area contributed by atoms with Crippen LogP contribution in [0.1, 0.15) is 10.4 Å². The molecule has 0 aliphatic rings. The van der Waals surface area contributed by atoms with E-state index in [1.807, 2.05) is 47.8 Å². The van der Waals surface area contributed by atoms with Crippen LogP contribution >= 0.6 is 11.3 Å². The van der Waals surface area contributed by atoms with Crippen LogP contribution in [0, 0.1) is 0 Å². The summed E-state index contributed by atoms with van der Waals surface area (Å²) < 4.78 is 1.11. The van der Waals surface area contributed by atoms with E-state index in [0.29, 0.717) is 30.3 Å². The molecule has 2 aromatic carbocycles. The van der Waals surface area contributed by atoms with Crippen LogP contribution in [-0.4, -0.2) is 27.1 Å². The molecule has 0 unspecified atom stereocenters. The predicted molar refractivity (Wildman–Crippen MR) is 119 cm³/mol. The molecule has 30 heavy (non-hydrogen) atoms. The van der Waals surface area contributed by atoms with Crippen molar-refractivity contribution < 1.29 is 4.79 Å². The molecule has 0 saturated carbocycles. The highest BCUT2D eigenvalue weighted by Crippen LogP contribution is 2.13. The average molecular weight is 420 g/mol. The number of amides is 1. The summed E-state index contributed by atoms with van der Waals surface area (Å²) in [6, 6.07) is 20.5. The van der Waals surface area contributed by atoms with Crippen LogP contribution < -0.4 is 11.1 Å². The van der Waals surface area contributed by atoms with E-state index in [1.165, 1.54) is 0 Å². The molecule has 6 nitrogen and oxygen atoms in total. The Hall–Kier alpha value is -3.45. The summed E-state index contributed by atoms with van der Waals surface area (Å²) in [6.07, 6.45) is 0.709. The van der Waals surface area contributed by atoms with Crippen molar-refractivity contribution in [1.29, 1.82) is 0 Å². The second kappa shape index (κ2) is 8.92. The zero-order valence-electron chi connectivity index (χ0n) is 16.3. The Morgan fingerprint density at radius 2 is 1.67 bits per heavy atom. The SMILES string of the molecule is O=C(Cn1[nH]c(=O)c2ccccc2c1=O)N(CCc1ccccc1)Cc1cccs1. The largest absolute Gasteiger partial charge is 0.336 e. The fourth-order valence-electron chi connectivity index (χ4n) is 3.38. The Morgan fingerprint density at radius 3 is 2.40 bits per heavy atom. The van der Waals surface area contributed by atoms with Crippen molar-refractivity contribution in [3.63, 3.8) is 0 Å². The maximum Gasteiger partial charge on any atom is 0.273 e. The number of fused-ring (bicyclic) bond motifs is 1. The van der Waals surface area contributed by atoms with E-state index >= 15 is 0 Å². The molecule has 7 heteroatoms. The number of carbonyl (C=O) groups excluding carboxylic acids is 1. The Balaban J connectivity index is 1.58. The van der Waals surface area contributed by atoms with Crippen LogP contribution in [-0.2, 0) is 24.3 Å². The van der Waals surface area contributed by atoms with Crippen LogP contribution in [0.4, 0.5) is 0 Å². The van der Waals surface area contributed by atoms with Crippen molar-refractivity contribution in [3.05, 3.63) is 103 Å². The summed E-state index contributed by atoms with van der Waals surface area (Å²) in [5, 5.41) is 5.15. The number of hydrogen-bond acceptors (Lipinski definition) is 4. The molecule has 0 spiro atoms. The van der Waals surface area contributed by atoms with Gasteiger partial charge in [0.05, 0.1) is 17.3 Å². The molecule has 0 atom stereocenters. The number of aromatic nitrogens is 2. The van der Waals surface area contributed by atoms with Gasteiger partial charge in [-0.1, -0.05) is 48.5 Å². The van der Waals surface area contributed by atoms with Crippen molar-refractivity contribution in [3.8, 4) is 0 Å². The molecule has 0 aliphatic heterocycles. The second-order valence-electron chi connectivity index (χ2n) is 7.01. The highest BCUT2D eigenvalue weighted by Gasteiger charge is 2.17. The van der Waals surface area contributed by atoms with E-state index in [0.717, 1.165) is 15.1 Å². The van der Waals surface area contributed by atoms with Gasteiger partial charge >= 0.3 is 0 Å². The van der Waals surface area contributed by atoms with Crippen LogP contribution in [0.5, 0.6) is 0 Å². The topological polar surface area (TPSA) is 75.2 Å². The predicted octanol–water partition coefficient (Wildman–Crippen LogP) is 3.02. The summed E-state index contributed by atoms with van der Waals surface area (Å²) in [4.78, 5) is 41.0. The monoisotopic (exact) mass is 419 g/mol. The lowest BCUT2D eigenvalue weighted by atomic mass is 10.1. The molecule has 0 saturated heterocycles. The number of H-pyrrole nitrogens is 1. The summed E-state index contributed by atoms with van der Waals surface area (Å²) in [5.74, 6) is -0.215. The van der Waals surface area contributed by atoms with Crippen molar-refractivity contribution in [2.24, 2.45) is 0 Å². The van der Waals surface area contributed by atoms with Crippen molar-refractivity contribution in [2.45, 2.75) is 19.5 Å². The molecular formula is C23H21N3O3S. The molecule has 2 aromatic heterocycles. The lowest BCUT2D eigenvalue weighted by Crippen LogP contribution is -2.39. The first kappa shape index (κ1) is 19.8. The Bertz CT molecular complexity index is 1260. The number of nitrogens with one attached hydrogen (secondary N) is 1. The number of rotatable bonds is 7. The van der Waals surface area contributed by atoms with Gasteiger partial charge in [-0.2, -0.15) is 0 Å². The molecule has 2 heterocycles. The number of carbonyl (C=O) groups is 1. The first-order valence-electron chi connectivity index (χ1n) is 9.68. The minimum atomic E-state index is -0.382. The minimum Gasteiger partial charge on any atom is -0.336 e. The van der Waals surface area contributed by atoms with Gasteiger partial charge in [-0.05, 0) is 35.6 Å². The Morgan fingerprint density at radius 1 is 0.933 bits per heavy atom. The van der Waals surface area contributed by atoms with Gasteiger partial charge in [-0.3, -0.25) is 19.5 Å². The third-order valence-corrected chi connectivity index (χ3v) is 5.83. The van der Waals surface area contributed by atoms with Gasteiger partial charge in [0.1, 0.15) is 6.54 Å². The third-order valence-electron chi connectivity index (χ3n) is 4.97. The summed E-state index contributed by atoms with van der Waals surface area (Å²) in [5.41, 5.74) is 0.377. The summed E-state index contributed by atoms with van der Waals surface area (Å²) in [6.45, 7) is 0.780. The van der Waals surface area contributed by atoms with E-state index in [1.54, 1.807) is 40.5 Å². The normalized spacial score (nSPS) is 10.9. The van der Waals surface area contributed by atoms with E-state index in [9.17, 15) is 14.4 Å². The van der Waals surface area contributed by atoms with Gasteiger partial charge in [0.2, 0.25) is 5.91 Å². The molecule has 152 valence electrons. The van der Waals surface area contributed by atoms with Gasteiger partial charge in [0.25, 0.3) is 11.1 Å². The fourth-order valence-corrected chi connectivity index (χ4v) is 4.10. The van der Waals surface area contributed by atoms with Crippen LogP contribution in [0.25, 0.3) is 10.8 Å². The van der Waals surface area contributed by atoms with Gasteiger partial charge in [-0.15, -0.1) is 11.3 Å². The Kier molecular flexibility index (Phi) is 5.90. The summed E-state index contributed by atoms with van der Waals surface area (Å²) >= 11 is 1.58. The number of aromatic amines is 1. The lowest BCUT2D eigenvalue weighted by molar-refractivity contribution is -0.132. The molecule has 1 amide bonds. The third kappa shape index (κ3) is 4.41. The molecule has 0 bridgehead atoms. The highest BCUT2D eigenvalue weighted by atomic mass is 32.1. The molecule has 0 aliphatic carbocycles. The van der Waals surface area contributed by atoms with Crippen LogP contribution in [0.15, 0.2) is 81.7 Å². The van der Waals surface area contributed by atoms with E-state index < -0.39 is 0 Å². The average Bonchev–Trinajstić information content (AvgIpc) is 3.28. The van der Waals surface area contributed by atoms with Crippen LogP contribution in [0.2, 0.25) is 0 Å². The van der Waals surface area contributed by atoms with E-state index in [4.69, 9.17) is 0 Å². The second-order valence-corrected chi connectivity index (χ2v) is 8.04. The number of benzene rings is 2. The maximum atomic E-state index is 13.1. The first-order valence-corrected chi connectivity index (χ1v) is 10.6. The zero-order chi connectivity index (χ0) is 20.9. The smallest absolute Gasteiger partial charge is 0.273 e. The first-order chi connectivity index (χ1) is 14.6. The molecule has 0 radical (unpaired) electrons. The zero-order valence-corrected chi connectivity index (χ0v) is 17.1. The van der Waals surface area contributed by atoms with E-state index in [2.05, 4.69) is 5.10 Å². The van der Waals surface area contributed by atoms with Gasteiger partial charge < -0.3 is 4.90 Å². The summed E-state index contributed by atoms with van der Waals surface area (Å²) in [7, 11) is 0. The van der Waals surface area contributed by atoms with Crippen molar-refractivity contribution >= 4 is 28.0 Å². The lowest BCUT2D eigenvalue weighted by Gasteiger charge is -2.22. The fraction of sp³-hybridized carbons (Fsp3) is 0.174. The molecular weight excluding hydrogens is 398 g/mol. The molecule has 4 aromatic rings. The van der Waals surface area contributed by atoms with Gasteiger partial charge in [0, 0.05) is 11.4 Å². The standard InChI is InChI=1S/C23H21N3O3S/c27-21(16-26-23(29)20-11-5-4-10-19(20)22(28)24-26)25(15-18-9-6-14-30-18)13-12-17-7-2-1-3-8-17/h1-11,14H,12-13,15-16H2,(H,24,28). The van der Waals surface area contributed by atoms with Crippen LogP contribution in [0.3, 0.4) is 0 Å². The Labute approximate surface area is 177 Å². The molecule has 1 N–H and O–H groups in total. The highest BCUT2D eigenvalue weighted by molar-refractivity contribution is 7.09. The number of hydrogen-bond donors (Lipinski definition) is 1. The van der Waals surface area contributed by atoms with E-state index in [-0.39, 0.29) is 23.6 Å². The van der Waals surface area contributed by atoms with Crippen molar-refractivity contribution in [2.75, 3.05) is 6.54 Å². The minimum absolute atomic E-state index is 0.209. The molecule has 0 fully saturated rings. The maximum absolute atomic E-state index is 13.1. The van der Waals surface area contributed by atoms with Crippen molar-refractivity contribution in [1.82, 2.24) is 14.7 Å². The number of thiophene rings is 1.